The average molecular weight is 390 g/mol. The molecule has 1 aliphatic rings. The molecule has 0 atom stereocenters. The van der Waals surface area contributed by atoms with E-state index >= 15 is 0 Å². The molecule has 2 aromatic rings. The van der Waals surface area contributed by atoms with Crippen LogP contribution in [0, 0.1) is 0 Å². The molecule has 0 aliphatic carbocycles. The summed E-state index contributed by atoms with van der Waals surface area (Å²) in [5.41, 5.74) is 1.31. The number of aryl methyl sites for hydroxylation is 1. The summed E-state index contributed by atoms with van der Waals surface area (Å²) in [4.78, 5) is 9.27. The van der Waals surface area contributed by atoms with Gasteiger partial charge >= 0.3 is 0 Å². The van der Waals surface area contributed by atoms with Gasteiger partial charge in [0.15, 0.2) is 5.96 Å². The molecule has 0 amide bonds. The highest BCUT2D eigenvalue weighted by Gasteiger charge is 2.19. The minimum Gasteiger partial charge on any atom is -0.356 e. The Labute approximate surface area is 166 Å². The molecule has 1 saturated heterocycles. The molecule has 0 spiro atoms. The molecule has 1 aromatic carbocycles. The van der Waals surface area contributed by atoms with Crippen molar-refractivity contribution in [3.63, 3.8) is 0 Å². The van der Waals surface area contributed by atoms with E-state index in [2.05, 4.69) is 42.4 Å². The van der Waals surface area contributed by atoms with Crippen LogP contribution in [0.5, 0.6) is 0 Å². The third kappa shape index (κ3) is 6.22. The predicted molar refractivity (Wildman–Crippen MR) is 109 cm³/mol. The second-order valence-electron chi connectivity index (χ2n) is 6.77. The van der Waals surface area contributed by atoms with Crippen molar-refractivity contribution in [2.24, 2.45) is 4.99 Å². The number of hydrogen-bond donors (Lipinski definition) is 1. The SMILES string of the molecule is CN=C(NCCCCn1cnnc1)N1CCN(Cc2ccc(Cl)cc2)CC1. The van der Waals surface area contributed by atoms with Gasteiger partial charge in [-0.15, -0.1) is 10.2 Å². The first-order chi connectivity index (χ1) is 13.2. The van der Waals surface area contributed by atoms with Crippen LogP contribution in [0.4, 0.5) is 0 Å². The average Bonchev–Trinajstić information content (AvgIpc) is 3.21. The van der Waals surface area contributed by atoms with E-state index in [1.54, 1.807) is 12.7 Å². The Kier molecular flexibility index (Phi) is 7.47. The summed E-state index contributed by atoms with van der Waals surface area (Å²) in [5, 5.41) is 11.9. The van der Waals surface area contributed by atoms with Gasteiger partial charge in [0.1, 0.15) is 12.7 Å². The fourth-order valence-corrected chi connectivity index (χ4v) is 3.38. The van der Waals surface area contributed by atoms with Gasteiger partial charge in [-0.1, -0.05) is 23.7 Å². The number of aromatic nitrogens is 3. The highest BCUT2D eigenvalue weighted by atomic mass is 35.5. The summed E-state index contributed by atoms with van der Waals surface area (Å²) in [6.07, 6.45) is 5.70. The fourth-order valence-electron chi connectivity index (χ4n) is 3.26. The molecule has 0 radical (unpaired) electrons. The Morgan fingerprint density at radius 3 is 2.44 bits per heavy atom. The molecule has 7 nitrogen and oxygen atoms in total. The highest BCUT2D eigenvalue weighted by molar-refractivity contribution is 6.30. The molecule has 2 heterocycles. The van der Waals surface area contributed by atoms with Crippen LogP contribution in [0.25, 0.3) is 0 Å². The van der Waals surface area contributed by atoms with Crippen molar-refractivity contribution in [2.45, 2.75) is 25.9 Å². The molecule has 3 rings (SSSR count). The minimum atomic E-state index is 0.792. The van der Waals surface area contributed by atoms with Gasteiger partial charge in [-0.3, -0.25) is 9.89 Å². The summed E-state index contributed by atoms with van der Waals surface area (Å²) in [5.74, 6) is 1.01. The smallest absolute Gasteiger partial charge is 0.193 e. The fraction of sp³-hybridized carbons (Fsp3) is 0.526. The zero-order chi connectivity index (χ0) is 18.9. The molecule has 1 aliphatic heterocycles. The summed E-state index contributed by atoms with van der Waals surface area (Å²) >= 11 is 5.96. The lowest BCUT2D eigenvalue weighted by Gasteiger charge is -2.36. The van der Waals surface area contributed by atoms with Crippen molar-refractivity contribution < 1.29 is 0 Å². The molecule has 1 aromatic heterocycles. The number of hydrogen-bond acceptors (Lipinski definition) is 4. The van der Waals surface area contributed by atoms with Gasteiger partial charge in [-0.25, -0.2) is 0 Å². The lowest BCUT2D eigenvalue weighted by molar-refractivity contribution is 0.172. The van der Waals surface area contributed by atoms with Crippen LogP contribution < -0.4 is 5.32 Å². The van der Waals surface area contributed by atoms with Crippen LogP contribution in [-0.4, -0.2) is 70.3 Å². The summed E-state index contributed by atoms with van der Waals surface area (Å²) in [6, 6.07) is 8.13. The number of rotatable bonds is 7. The van der Waals surface area contributed by atoms with Crippen LogP contribution in [0.15, 0.2) is 41.9 Å². The van der Waals surface area contributed by atoms with Crippen molar-refractivity contribution in [3.8, 4) is 0 Å². The number of benzene rings is 1. The summed E-state index contributed by atoms with van der Waals surface area (Å²) < 4.78 is 2.01. The maximum Gasteiger partial charge on any atom is 0.193 e. The Hall–Kier alpha value is -2.12. The second kappa shape index (κ2) is 10.3. The number of piperazine rings is 1. The first-order valence-corrected chi connectivity index (χ1v) is 9.87. The van der Waals surface area contributed by atoms with E-state index in [-0.39, 0.29) is 0 Å². The van der Waals surface area contributed by atoms with Gasteiger partial charge in [0.25, 0.3) is 0 Å². The lowest BCUT2D eigenvalue weighted by Crippen LogP contribution is -2.52. The topological polar surface area (TPSA) is 61.6 Å². The van der Waals surface area contributed by atoms with E-state index in [1.807, 2.05) is 23.7 Å². The number of unbranched alkanes of at least 4 members (excludes halogenated alkanes) is 1. The van der Waals surface area contributed by atoms with Gasteiger partial charge in [-0.2, -0.15) is 0 Å². The van der Waals surface area contributed by atoms with Gasteiger partial charge < -0.3 is 14.8 Å². The first kappa shape index (κ1) is 19.6. The predicted octanol–water partition coefficient (Wildman–Crippen LogP) is 2.10. The Balaban J connectivity index is 1.35. The van der Waals surface area contributed by atoms with Gasteiger partial charge in [0.2, 0.25) is 0 Å². The number of halogens is 1. The lowest BCUT2D eigenvalue weighted by atomic mass is 10.2. The Morgan fingerprint density at radius 2 is 1.78 bits per heavy atom. The quantitative estimate of drug-likeness (QED) is 0.446. The molecule has 146 valence electrons. The van der Waals surface area contributed by atoms with Crippen molar-refractivity contribution in [3.05, 3.63) is 47.5 Å². The van der Waals surface area contributed by atoms with Crippen molar-refractivity contribution in [1.29, 1.82) is 0 Å². The number of aliphatic imine (C=N–C) groups is 1. The van der Waals surface area contributed by atoms with Crippen LogP contribution in [0.3, 0.4) is 0 Å². The second-order valence-corrected chi connectivity index (χ2v) is 7.21. The molecule has 1 N–H and O–H groups in total. The zero-order valence-corrected chi connectivity index (χ0v) is 16.6. The largest absolute Gasteiger partial charge is 0.356 e. The maximum absolute atomic E-state index is 5.96. The van der Waals surface area contributed by atoms with Gasteiger partial charge in [0, 0.05) is 57.9 Å². The van der Waals surface area contributed by atoms with E-state index in [1.165, 1.54) is 5.56 Å². The van der Waals surface area contributed by atoms with Gasteiger partial charge in [0.05, 0.1) is 0 Å². The van der Waals surface area contributed by atoms with Crippen molar-refractivity contribution >= 4 is 17.6 Å². The number of nitrogens with zero attached hydrogens (tertiary/aromatic N) is 6. The molecule has 27 heavy (non-hydrogen) atoms. The van der Waals surface area contributed by atoms with Gasteiger partial charge in [-0.05, 0) is 30.5 Å². The van der Waals surface area contributed by atoms with Crippen LogP contribution >= 0.6 is 11.6 Å². The molecular weight excluding hydrogens is 362 g/mol. The normalized spacial score (nSPS) is 15.9. The zero-order valence-electron chi connectivity index (χ0n) is 15.9. The minimum absolute atomic E-state index is 0.792. The summed E-state index contributed by atoms with van der Waals surface area (Å²) in [7, 11) is 1.86. The van der Waals surface area contributed by atoms with E-state index in [9.17, 15) is 0 Å². The summed E-state index contributed by atoms with van der Waals surface area (Å²) in [6.45, 7) is 6.92. The number of nitrogens with one attached hydrogen (secondary N) is 1. The monoisotopic (exact) mass is 389 g/mol. The van der Waals surface area contributed by atoms with E-state index < -0.39 is 0 Å². The Morgan fingerprint density at radius 1 is 1.07 bits per heavy atom. The standard InChI is InChI=1S/C19H28ClN7/c1-21-19(22-8-2-3-9-26-15-23-24-16-26)27-12-10-25(11-13-27)14-17-4-6-18(20)7-5-17/h4-7,15-16H,2-3,8-14H2,1H3,(H,21,22). The van der Waals surface area contributed by atoms with E-state index in [0.29, 0.717) is 0 Å². The highest BCUT2D eigenvalue weighted by Crippen LogP contribution is 2.13. The van der Waals surface area contributed by atoms with Crippen molar-refractivity contribution in [1.82, 2.24) is 29.9 Å². The van der Waals surface area contributed by atoms with Crippen LogP contribution in [0.1, 0.15) is 18.4 Å². The molecule has 8 heteroatoms. The van der Waals surface area contributed by atoms with Crippen LogP contribution in [0.2, 0.25) is 5.02 Å². The number of guanidine groups is 1. The molecule has 0 unspecified atom stereocenters. The third-order valence-electron chi connectivity index (χ3n) is 4.80. The first-order valence-electron chi connectivity index (χ1n) is 9.49. The molecule has 0 saturated carbocycles. The molecular formula is C19H28ClN7. The van der Waals surface area contributed by atoms with E-state index in [4.69, 9.17) is 11.6 Å². The third-order valence-corrected chi connectivity index (χ3v) is 5.05. The Bertz CT molecular complexity index is 691. The molecule has 0 bridgehead atoms. The van der Waals surface area contributed by atoms with E-state index in [0.717, 1.165) is 69.6 Å². The van der Waals surface area contributed by atoms with Crippen LogP contribution in [-0.2, 0) is 13.1 Å². The van der Waals surface area contributed by atoms with Crippen molar-refractivity contribution in [2.75, 3.05) is 39.8 Å². The maximum atomic E-state index is 5.96. The molecule has 1 fully saturated rings.